The maximum absolute atomic E-state index is 14.1. The second-order valence-electron chi connectivity index (χ2n) is 7.66. The Bertz CT molecular complexity index is 1100. The van der Waals surface area contributed by atoms with Crippen LogP contribution in [0.1, 0.15) is 28.2 Å². The SMILES string of the molecule is Cc1ccc(C[C@H](NC(=O)OCC2c3ccccc3-c3ccccc32)C(=O)O)c(F)c1. The van der Waals surface area contributed by atoms with Gasteiger partial charge in [-0.05, 0) is 46.4 Å². The molecule has 3 aromatic carbocycles. The van der Waals surface area contributed by atoms with Gasteiger partial charge in [0.05, 0.1) is 0 Å². The first-order valence-corrected chi connectivity index (χ1v) is 10.0. The van der Waals surface area contributed by atoms with Crippen LogP contribution in [0.3, 0.4) is 0 Å². The Morgan fingerprint density at radius 2 is 1.65 bits per heavy atom. The van der Waals surface area contributed by atoms with Gasteiger partial charge in [0.25, 0.3) is 0 Å². The lowest BCUT2D eigenvalue weighted by Crippen LogP contribution is -2.43. The molecule has 31 heavy (non-hydrogen) atoms. The summed E-state index contributed by atoms with van der Waals surface area (Å²) in [6, 6.07) is 19.1. The van der Waals surface area contributed by atoms with E-state index in [2.05, 4.69) is 5.32 Å². The number of halogens is 1. The van der Waals surface area contributed by atoms with Gasteiger partial charge in [0.15, 0.2) is 0 Å². The molecule has 6 heteroatoms. The van der Waals surface area contributed by atoms with Crippen molar-refractivity contribution in [1.29, 1.82) is 0 Å². The number of carbonyl (C=O) groups excluding carboxylic acids is 1. The summed E-state index contributed by atoms with van der Waals surface area (Å²) in [4.78, 5) is 24.0. The number of ether oxygens (including phenoxy) is 1. The molecule has 3 aromatic rings. The van der Waals surface area contributed by atoms with E-state index < -0.39 is 23.9 Å². The van der Waals surface area contributed by atoms with Crippen LogP contribution < -0.4 is 5.32 Å². The van der Waals surface area contributed by atoms with Gasteiger partial charge in [0, 0.05) is 12.3 Å². The molecule has 0 aliphatic heterocycles. The molecule has 4 rings (SSSR count). The lowest BCUT2D eigenvalue weighted by molar-refractivity contribution is -0.139. The summed E-state index contributed by atoms with van der Waals surface area (Å²) in [5.74, 6) is -1.88. The average Bonchev–Trinajstić information content (AvgIpc) is 3.07. The van der Waals surface area contributed by atoms with Crippen LogP contribution >= 0.6 is 0 Å². The highest BCUT2D eigenvalue weighted by Gasteiger charge is 2.30. The Labute approximate surface area is 179 Å². The fourth-order valence-electron chi connectivity index (χ4n) is 4.02. The first kappa shape index (κ1) is 20.6. The predicted octanol–water partition coefficient (Wildman–Crippen LogP) is 4.67. The summed E-state index contributed by atoms with van der Waals surface area (Å²) >= 11 is 0. The normalized spacial score (nSPS) is 13.2. The van der Waals surface area contributed by atoms with Crippen molar-refractivity contribution in [2.45, 2.75) is 25.3 Å². The van der Waals surface area contributed by atoms with Gasteiger partial charge in [-0.1, -0.05) is 60.7 Å². The molecule has 5 nitrogen and oxygen atoms in total. The number of aliphatic carboxylic acids is 1. The predicted molar refractivity (Wildman–Crippen MR) is 114 cm³/mol. The van der Waals surface area contributed by atoms with Crippen LogP contribution in [0.15, 0.2) is 66.7 Å². The van der Waals surface area contributed by atoms with E-state index in [1.165, 1.54) is 12.1 Å². The van der Waals surface area contributed by atoms with Gasteiger partial charge in [0.1, 0.15) is 18.5 Å². The zero-order valence-electron chi connectivity index (χ0n) is 17.0. The van der Waals surface area contributed by atoms with Gasteiger partial charge in [-0.2, -0.15) is 0 Å². The quantitative estimate of drug-likeness (QED) is 0.609. The molecule has 0 unspecified atom stereocenters. The van der Waals surface area contributed by atoms with Gasteiger partial charge in [-0.15, -0.1) is 0 Å². The lowest BCUT2D eigenvalue weighted by Gasteiger charge is -2.18. The molecule has 0 bridgehead atoms. The van der Waals surface area contributed by atoms with Crippen molar-refractivity contribution in [3.05, 3.63) is 94.8 Å². The Morgan fingerprint density at radius 3 is 2.23 bits per heavy atom. The van der Waals surface area contributed by atoms with Crippen molar-refractivity contribution >= 4 is 12.1 Å². The second kappa shape index (κ2) is 8.60. The summed E-state index contributed by atoms with van der Waals surface area (Å²) in [5, 5.41) is 11.8. The van der Waals surface area contributed by atoms with Gasteiger partial charge >= 0.3 is 12.1 Å². The van der Waals surface area contributed by atoms with Crippen LogP contribution in [-0.4, -0.2) is 29.8 Å². The molecule has 0 saturated heterocycles. The summed E-state index contributed by atoms with van der Waals surface area (Å²) in [6.45, 7) is 1.82. The molecule has 1 aliphatic carbocycles. The largest absolute Gasteiger partial charge is 0.480 e. The Morgan fingerprint density at radius 1 is 1.03 bits per heavy atom. The van der Waals surface area contributed by atoms with E-state index in [1.807, 2.05) is 48.5 Å². The third-order valence-corrected chi connectivity index (χ3v) is 5.57. The van der Waals surface area contributed by atoms with E-state index in [-0.39, 0.29) is 24.5 Å². The minimum Gasteiger partial charge on any atom is -0.480 e. The molecule has 2 N–H and O–H groups in total. The highest BCUT2D eigenvalue weighted by molar-refractivity contribution is 5.81. The summed E-state index contributed by atoms with van der Waals surface area (Å²) < 4.78 is 19.5. The van der Waals surface area contributed by atoms with E-state index in [0.717, 1.165) is 27.8 Å². The third-order valence-electron chi connectivity index (χ3n) is 5.57. The number of alkyl carbamates (subject to hydrolysis) is 1. The Balaban J connectivity index is 1.44. The molecule has 1 amide bonds. The average molecular weight is 419 g/mol. The molecule has 1 aliphatic rings. The molecule has 0 radical (unpaired) electrons. The van der Waals surface area contributed by atoms with Crippen LogP contribution in [-0.2, 0) is 16.0 Å². The topological polar surface area (TPSA) is 75.6 Å². The van der Waals surface area contributed by atoms with E-state index in [0.29, 0.717) is 0 Å². The molecule has 0 spiro atoms. The number of aryl methyl sites for hydroxylation is 1. The minimum absolute atomic E-state index is 0.0745. The molecule has 0 fully saturated rings. The third kappa shape index (κ3) is 4.28. The maximum atomic E-state index is 14.1. The number of fused-ring (bicyclic) bond motifs is 3. The highest BCUT2D eigenvalue weighted by atomic mass is 19.1. The Kier molecular flexibility index (Phi) is 5.71. The van der Waals surface area contributed by atoms with E-state index in [9.17, 15) is 19.1 Å². The van der Waals surface area contributed by atoms with Crippen molar-refractivity contribution < 1.29 is 23.8 Å². The van der Waals surface area contributed by atoms with Crippen LogP contribution in [0, 0.1) is 12.7 Å². The Hall–Kier alpha value is -3.67. The van der Waals surface area contributed by atoms with Crippen LogP contribution in [0.25, 0.3) is 11.1 Å². The summed E-state index contributed by atoms with van der Waals surface area (Å²) in [6.07, 6.45) is -1.02. The number of carbonyl (C=O) groups is 2. The van der Waals surface area contributed by atoms with Gasteiger partial charge in [0.2, 0.25) is 0 Å². The van der Waals surface area contributed by atoms with E-state index >= 15 is 0 Å². The molecular formula is C25H22FNO4. The molecule has 1 atom stereocenters. The van der Waals surface area contributed by atoms with Gasteiger partial charge in [-0.25, -0.2) is 14.0 Å². The number of carboxylic acid groups (broad SMARTS) is 1. The first-order chi connectivity index (χ1) is 14.9. The molecule has 0 saturated carbocycles. The second-order valence-corrected chi connectivity index (χ2v) is 7.66. The van der Waals surface area contributed by atoms with Gasteiger partial charge in [-0.3, -0.25) is 0 Å². The molecular weight excluding hydrogens is 397 g/mol. The number of hydrogen-bond acceptors (Lipinski definition) is 3. The number of hydrogen-bond donors (Lipinski definition) is 2. The first-order valence-electron chi connectivity index (χ1n) is 10.0. The minimum atomic E-state index is -1.30. The number of nitrogens with one attached hydrogen (secondary N) is 1. The van der Waals surface area contributed by atoms with Gasteiger partial charge < -0.3 is 15.2 Å². The lowest BCUT2D eigenvalue weighted by atomic mass is 9.98. The number of carboxylic acids is 1. The summed E-state index contributed by atoms with van der Waals surface area (Å²) in [7, 11) is 0. The van der Waals surface area contributed by atoms with Crippen molar-refractivity contribution in [1.82, 2.24) is 5.32 Å². The molecule has 158 valence electrons. The van der Waals surface area contributed by atoms with Crippen LogP contribution in [0.2, 0.25) is 0 Å². The zero-order chi connectivity index (χ0) is 22.0. The fourth-order valence-corrected chi connectivity index (χ4v) is 4.02. The van der Waals surface area contributed by atoms with Crippen molar-refractivity contribution in [3.63, 3.8) is 0 Å². The fraction of sp³-hybridized carbons (Fsp3) is 0.200. The number of benzene rings is 3. The van der Waals surface area contributed by atoms with Crippen molar-refractivity contribution in [2.75, 3.05) is 6.61 Å². The molecule has 0 aromatic heterocycles. The maximum Gasteiger partial charge on any atom is 0.407 e. The molecule has 0 heterocycles. The van der Waals surface area contributed by atoms with Crippen molar-refractivity contribution in [3.8, 4) is 11.1 Å². The monoisotopic (exact) mass is 419 g/mol. The van der Waals surface area contributed by atoms with Crippen molar-refractivity contribution in [2.24, 2.45) is 0 Å². The van der Waals surface area contributed by atoms with Crippen LogP contribution in [0.5, 0.6) is 0 Å². The summed E-state index contributed by atoms with van der Waals surface area (Å²) in [5.41, 5.74) is 5.28. The number of rotatable bonds is 6. The standard InChI is InChI=1S/C25H22FNO4/c1-15-10-11-16(22(26)12-15)13-23(24(28)29)27-25(30)31-14-21-19-8-4-2-6-17(19)18-7-3-5-9-20(18)21/h2-12,21,23H,13-14H2,1H3,(H,27,30)(H,28,29)/t23-/m0/s1. The zero-order valence-corrected chi connectivity index (χ0v) is 17.0. The van der Waals surface area contributed by atoms with E-state index in [1.54, 1.807) is 13.0 Å². The number of amides is 1. The smallest absolute Gasteiger partial charge is 0.407 e. The van der Waals surface area contributed by atoms with Crippen LogP contribution in [0.4, 0.5) is 9.18 Å². The van der Waals surface area contributed by atoms with E-state index in [4.69, 9.17) is 4.74 Å². The highest BCUT2D eigenvalue weighted by Crippen LogP contribution is 2.44.